The van der Waals surface area contributed by atoms with E-state index in [2.05, 4.69) is 19.3 Å². The Morgan fingerprint density at radius 3 is 2.00 bits per heavy atom. The molecule has 84 valence electrons. The van der Waals surface area contributed by atoms with Crippen molar-refractivity contribution in [2.45, 2.75) is 58.3 Å². The molecule has 0 aromatic carbocycles. The summed E-state index contributed by atoms with van der Waals surface area (Å²) >= 11 is 0. The first kappa shape index (κ1) is 12.0. The Kier molecular flexibility index (Phi) is 6.25. The highest BCUT2D eigenvalue weighted by Crippen LogP contribution is 2.27. The van der Waals surface area contributed by atoms with Crippen LogP contribution in [0.1, 0.15) is 58.3 Å². The smallest absolute Gasteiger partial charge is 0.00235 e. The lowest BCUT2D eigenvalue weighted by molar-refractivity contribution is 0.298. The van der Waals surface area contributed by atoms with Crippen LogP contribution < -0.4 is 5.32 Å². The van der Waals surface area contributed by atoms with E-state index in [-0.39, 0.29) is 0 Å². The van der Waals surface area contributed by atoms with E-state index < -0.39 is 0 Å². The standard InChI is InChI=1S/C13H27N/c1-12(11-14-2)13-9-7-5-3-4-6-8-10-13/h12-14H,3-11H2,1-2H3/t12-/m1/s1. The predicted octanol–water partition coefficient (Wildman–Crippen LogP) is 3.59. The first-order valence-corrected chi connectivity index (χ1v) is 6.49. The van der Waals surface area contributed by atoms with Crippen molar-refractivity contribution in [1.82, 2.24) is 5.32 Å². The molecule has 0 spiro atoms. The van der Waals surface area contributed by atoms with Crippen LogP contribution in [-0.2, 0) is 0 Å². The average Bonchev–Trinajstić information content (AvgIpc) is 2.30. The Labute approximate surface area is 89.7 Å². The molecule has 1 heteroatoms. The van der Waals surface area contributed by atoms with E-state index in [1.807, 2.05) is 0 Å². The maximum absolute atomic E-state index is 3.32. The highest BCUT2D eigenvalue weighted by Gasteiger charge is 2.16. The minimum Gasteiger partial charge on any atom is -0.319 e. The van der Waals surface area contributed by atoms with Crippen LogP contribution in [0.15, 0.2) is 0 Å². The molecule has 1 atom stereocenters. The van der Waals surface area contributed by atoms with E-state index in [4.69, 9.17) is 0 Å². The molecule has 0 saturated heterocycles. The largest absolute Gasteiger partial charge is 0.319 e. The Morgan fingerprint density at radius 2 is 1.50 bits per heavy atom. The molecule has 1 nitrogen and oxygen atoms in total. The third kappa shape index (κ3) is 4.45. The first-order valence-electron chi connectivity index (χ1n) is 6.49. The molecule has 1 aliphatic rings. The summed E-state index contributed by atoms with van der Waals surface area (Å²) in [6.45, 7) is 3.61. The van der Waals surface area contributed by atoms with Crippen LogP contribution in [0.2, 0.25) is 0 Å². The summed E-state index contributed by atoms with van der Waals surface area (Å²) in [5.74, 6) is 1.86. The summed E-state index contributed by atoms with van der Waals surface area (Å²) < 4.78 is 0. The van der Waals surface area contributed by atoms with Crippen molar-refractivity contribution >= 4 is 0 Å². The van der Waals surface area contributed by atoms with Crippen LogP contribution in [0.25, 0.3) is 0 Å². The van der Waals surface area contributed by atoms with Crippen molar-refractivity contribution in [3.05, 3.63) is 0 Å². The van der Waals surface area contributed by atoms with Crippen molar-refractivity contribution in [3.63, 3.8) is 0 Å². The zero-order chi connectivity index (χ0) is 10.2. The molecule has 0 unspecified atom stereocenters. The molecule has 0 aromatic heterocycles. The summed E-state index contributed by atoms with van der Waals surface area (Å²) in [4.78, 5) is 0. The highest BCUT2D eigenvalue weighted by molar-refractivity contribution is 4.70. The molecule has 1 saturated carbocycles. The molecule has 1 N–H and O–H groups in total. The van der Waals surface area contributed by atoms with Crippen molar-refractivity contribution < 1.29 is 0 Å². The average molecular weight is 197 g/mol. The quantitative estimate of drug-likeness (QED) is 0.729. The summed E-state index contributed by atoms with van der Waals surface area (Å²) in [6, 6.07) is 0. The Morgan fingerprint density at radius 1 is 1.00 bits per heavy atom. The van der Waals surface area contributed by atoms with Gasteiger partial charge in [0.2, 0.25) is 0 Å². The van der Waals surface area contributed by atoms with Crippen molar-refractivity contribution in [2.24, 2.45) is 11.8 Å². The van der Waals surface area contributed by atoms with Crippen LogP contribution in [0.4, 0.5) is 0 Å². The van der Waals surface area contributed by atoms with Gasteiger partial charge in [0, 0.05) is 0 Å². The topological polar surface area (TPSA) is 12.0 Å². The Bertz CT molecular complexity index is 123. The van der Waals surface area contributed by atoms with Crippen LogP contribution in [-0.4, -0.2) is 13.6 Å². The molecule has 0 heterocycles. The highest BCUT2D eigenvalue weighted by atomic mass is 14.8. The van der Waals surface area contributed by atoms with Gasteiger partial charge in [0.25, 0.3) is 0 Å². The second-order valence-corrected chi connectivity index (χ2v) is 4.99. The van der Waals surface area contributed by atoms with Gasteiger partial charge in [-0.25, -0.2) is 0 Å². The monoisotopic (exact) mass is 197 g/mol. The first-order chi connectivity index (χ1) is 6.84. The van der Waals surface area contributed by atoms with Gasteiger partial charge in [0.15, 0.2) is 0 Å². The normalized spacial score (nSPS) is 23.6. The third-order valence-corrected chi connectivity index (χ3v) is 3.73. The zero-order valence-electron chi connectivity index (χ0n) is 10.0. The molecule has 0 amide bonds. The van der Waals surface area contributed by atoms with E-state index in [9.17, 15) is 0 Å². The van der Waals surface area contributed by atoms with Crippen molar-refractivity contribution in [1.29, 1.82) is 0 Å². The van der Waals surface area contributed by atoms with Crippen LogP contribution >= 0.6 is 0 Å². The van der Waals surface area contributed by atoms with E-state index >= 15 is 0 Å². The van der Waals surface area contributed by atoms with Crippen molar-refractivity contribution in [2.75, 3.05) is 13.6 Å². The minimum atomic E-state index is 0.873. The fraction of sp³-hybridized carbons (Fsp3) is 1.00. The number of rotatable bonds is 3. The van der Waals surface area contributed by atoms with Crippen LogP contribution in [0, 0.1) is 11.8 Å². The van der Waals surface area contributed by atoms with E-state index in [0.29, 0.717) is 0 Å². The maximum Gasteiger partial charge on any atom is -0.00235 e. The zero-order valence-corrected chi connectivity index (χ0v) is 10.0. The lowest BCUT2D eigenvalue weighted by Gasteiger charge is -2.23. The van der Waals surface area contributed by atoms with Gasteiger partial charge in [0.05, 0.1) is 0 Å². The summed E-state index contributed by atoms with van der Waals surface area (Å²) in [6.07, 6.45) is 11.8. The second kappa shape index (κ2) is 7.28. The molecule has 1 rings (SSSR count). The maximum atomic E-state index is 3.32. The molecule has 1 aliphatic carbocycles. The van der Waals surface area contributed by atoms with Gasteiger partial charge in [-0.2, -0.15) is 0 Å². The van der Waals surface area contributed by atoms with Gasteiger partial charge >= 0.3 is 0 Å². The number of nitrogens with one attached hydrogen (secondary N) is 1. The molecule has 1 fully saturated rings. The molecule has 0 radical (unpaired) electrons. The second-order valence-electron chi connectivity index (χ2n) is 4.99. The lowest BCUT2D eigenvalue weighted by atomic mass is 9.85. The SMILES string of the molecule is CNC[C@@H](C)C1CCCCCCCC1. The molecular formula is C13H27N. The van der Waals surface area contributed by atoms with Gasteiger partial charge in [-0.1, -0.05) is 58.3 Å². The molecular weight excluding hydrogens is 170 g/mol. The summed E-state index contributed by atoms with van der Waals surface area (Å²) in [5, 5.41) is 3.32. The van der Waals surface area contributed by atoms with Crippen molar-refractivity contribution in [3.8, 4) is 0 Å². The lowest BCUT2D eigenvalue weighted by Crippen LogP contribution is -2.23. The summed E-state index contributed by atoms with van der Waals surface area (Å²) in [7, 11) is 2.08. The van der Waals surface area contributed by atoms with Gasteiger partial charge in [-0.15, -0.1) is 0 Å². The predicted molar refractivity (Wildman–Crippen MR) is 63.5 cm³/mol. The molecule has 0 aliphatic heterocycles. The van der Waals surface area contributed by atoms with Gasteiger partial charge in [0.1, 0.15) is 0 Å². The molecule has 14 heavy (non-hydrogen) atoms. The Balaban J connectivity index is 2.31. The molecule has 0 aromatic rings. The fourth-order valence-corrected chi connectivity index (χ4v) is 2.72. The minimum absolute atomic E-state index is 0.873. The van der Waals surface area contributed by atoms with Crippen LogP contribution in [0.3, 0.4) is 0 Å². The van der Waals surface area contributed by atoms with Gasteiger partial charge in [-0.3, -0.25) is 0 Å². The van der Waals surface area contributed by atoms with E-state index in [1.54, 1.807) is 0 Å². The third-order valence-electron chi connectivity index (χ3n) is 3.73. The fourth-order valence-electron chi connectivity index (χ4n) is 2.72. The molecule has 0 bridgehead atoms. The van der Waals surface area contributed by atoms with E-state index in [0.717, 1.165) is 11.8 Å². The van der Waals surface area contributed by atoms with Gasteiger partial charge in [-0.05, 0) is 25.4 Å². The summed E-state index contributed by atoms with van der Waals surface area (Å²) in [5.41, 5.74) is 0. The number of hydrogen-bond acceptors (Lipinski definition) is 1. The Hall–Kier alpha value is -0.0400. The van der Waals surface area contributed by atoms with Crippen LogP contribution in [0.5, 0.6) is 0 Å². The van der Waals surface area contributed by atoms with Gasteiger partial charge < -0.3 is 5.32 Å². The van der Waals surface area contributed by atoms with E-state index in [1.165, 1.54) is 57.9 Å². The number of hydrogen-bond donors (Lipinski definition) is 1.